The van der Waals surface area contributed by atoms with E-state index in [1.54, 1.807) is 12.1 Å². The van der Waals surface area contributed by atoms with Gasteiger partial charge in [-0.2, -0.15) is 0 Å². The van der Waals surface area contributed by atoms with Gasteiger partial charge in [-0.05, 0) is 37.3 Å². The number of hydrogen-bond donors (Lipinski definition) is 1. The largest absolute Gasteiger partial charge is 0.467 e. The third kappa shape index (κ3) is 2.93. The van der Waals surface area contributed by atoms with Crippen LogP contribution in [0.1, 0.15) is 23.0 Å². The second-order valence-corrected chi connectivity index (χ2v) is 4.14. The zero-order chi connectivity index (χ0) is 13.8. The van der Waals surface area contributed by atoms with E-state index in [2.05, 4.69) is 0 Å². The summed E-state index contributed by atoms with van der Waals surface area (Å²) < 4.78 is 18.9. The fourth-order valence-corrected chi connectivity index (χ4v) is 1.79. The van der Waals surface area contributed by atoms with Crippen molar-refractivity contribution in [1.29, 1.82) is 0 Å². The number of furan rings is 1. The molecule has 1 amide bonds. The van der Waals surface area contributed by atoms with E-state index in [0.717, 1.165) is 6.07 Å². The minimum Gasteiger partial charge on any atom is -0.467 e. The highest BCUT2D eigenvalue weighted by molar-refractivity contribution is 5.94. The molecule has 0 radical (unpaired) electrons. The smallest absolute Gasteiger partial charge is 0.257 e. The van der Waals surface area contributed by atoms with E-state index >= 15 is 0 Å². The van der Waals surface area contributed by atoms with Crippen LogP contribution in [0.25, 0.3) is 0 Å². The highest BCUT2D eigenvalue weighted by Gasteiger charge is 2.19. The van der Waals surface area contributed by atoms with Crippen molar-refractivity contribution in [1.82, 2.24) is 4.90 Å². The molecule has 2 N–H and O–H groups in total. The molecule has 2 aromatic rings. The molecule has 2 rings (SSSR count). The Labute approximate surface area is 110 Å². The molecular formula is C14H15FN2O2. The fourth-order valence-electron chi connectivity index (χ4n) is 1.79. The second kappa shape index (κ2) is 5.56. The number of nitrogens with two attached hydrogens (primary N) is 1. The van der Waals surface area contributed by atoms with Gasteiger partial charge < -0.3 is 15.1 Å². The van der Waals surface area contributed by atoms with Gasteiger partial charge in [0.15, 0.2) is 0 Å². The SMILES string of the molecule is CCN(Cc1ccco1)C(=O)c1ccc(N)cc1F. The van der Waals surface area contributed by atoms with Crippen LogP contribution in [-0.4, -0.2) is 17.4 Å². The van der Waals surface area contributed by atoms with Gasteiger partial charge in [0.1, 0.15) is 11.6 Å². The minimum absolute atomic E-state index is 0.0163. The number of halogens is 1. The molecule has 1 heterocycles. The Morgan fingerprint density at radius 3 is 2.79 bits per heavy atom. The summed E-state index contributed by atoms with van der Waals surface area (Å²) in [6, 6.07) is 7.58. The Bertz CT molecular complexity index is 567. The molecule has 19 heavy (non-hydrogen) atoms. The van der Waals surface area contributed by atoms with Crippen molar-refractivity contribution in [3.8, 4) is 0 Å². The number of anilines is 1. The maximum Gasteiger partial charge on any atom is 0.257 e. The molecule has 4 nitrogen and oxygen atoms in total. The van der Waals surface area contributed by atoms with Crippen molar-refractivity contribution in [2.24, 2.45) is 0 Å². The van der Waals surface area contributed by atoms with E-state index in [1.807, 2.05) is 6.92 Å². The first kappa shape index (κ1) is 13.1. The van der Waals surface area contributed by atoms with Crippen molar-refractivity contribution < 1.29 is 13.6 Å². The van der Waals surface area contributed by atoms with E-state index < -0.39 is 5.82 Å². The lowest BCUT2D eigenvalue weighted by Gasteiger charge is -2.20. The maximum atomic E-state index is 13.7. The molecule has 0 aliphatic carbocycles. The summed E-state index contributed by atoms with van der Waals surface area (Å²) in [7, 11) is 0. The number of carbonyl (C=O) groups is 1. The van der Waals surface area contributed by atoms with Crippen LogP contribution in [-0.2, 0) is 6.54 Å². The van der Waals surface area contributed by atoms with Gasteiger partial charge in [0.05, 0.1) is 18.4 Å². The van der Waals surface area contributed by atoms with Gasteiger partial charge in [0.2, 0.25) is 0 Å². The van der Waals surface area contributed by atoms with Crippen molar-refractivity contribution in [2.75, 3.05) is 12.3 Å². The van der Waals surface area contributed by atoms with Crippen LogP contribution >= 0.6 is 0 Å². The van der Waals surface area contributed by atoms with Crippen LogP contribution in [0.4, 0.5) is 10.1 Å². The zero-order valence-corrected chi connectivity index (χ0v) is 10.6. The second-order valence-electron chi connectivity index (χ2n) is 4.14. The van der Waals surface area contributed by atoms with Crippen LogP contribution < -0.4 is 5.73 Å². The van der Waals surface area contributed by atoms with Gasteiger partial charge in [-0.25, -0.2) is 4.39 Å². The van der Waals surface area contributed by atoms with Crippen LogP contribution in [0, 0.1) is 5.82 Å². The van der Waals surface area contributed by atoms with E-state index in [1.165, 1.54) is 23.3 Å². The molecule has 100 valence electrons. The third-order valence-corrected chi connectivity index (χ3v) is 2.82. The third-order valence-electron chi connectivity index (χ3n) is 2.82. The highest BCUT2D eigenvalue weighted by atomic mass is 19.1. The average molecular weight is 262 g/mol. The first-order valence-corrected chi connectivity index (χ1v) is 5.98. The lowest BCUT2D eigenvalue weighted by Crippen LogP contribution is -2.30. The Morgan fingerprint density at radius 1 is 1.42 bits per heavy atom. The van der Waals surface area contributed by atoms with Crippen molar-refractivity contribution in [3.63, 3.8) is 0 Å². The first-order chi connectivity index (χ1) is 9.11. The van der Waals surface area contributed by atoms with Gasteiger partial charge in [0, 0.05) is 12.2 Å². The normalized spacial score (nSPS) is 10.4. The molecule has 0 atom stereocenters. The number of amides is 1. The van der Waals surface area contributed by atoms with E-state index in [4.69, 9.17) is 10.2 Å². The van der Waals surface area contributed by atoms with Crippen LogP contribution in [0.3, 0.4) is 0 Å². The summed E-state index contributed by atoms with van der Waals surface area (Å²) in [6.45, 7) is 2.60. The summed E-state index contributed by atoms with van der Waals surface area (Å²) in [5.74, 6) is -0.328. The molecule has 0 aliphatic rings. The molecular weight excluding hydrogens is 247 g/mol. The van der Waals surface area contributed by atoms with E-state index in [-0.39, 0.29) is 11.5 Å². The lowest BCUT2D eigenvalue weighted by molar-refractivity contribution is 0.0736. The first-order valence-electron chi connectivity index (χ1n) is 5.98. The molecule has 0 saturated heterocycles. The molecule has 0 saturated carbocycles. The predicted octanol–water partition coefficient (Wildman–Crippen LogP) is 2.66. The van der Waals surface area contributed by atoms with E-state index in [9.17, 15) is 9.18 Å². The zero-order valence-electron chi connectivity index (χ0n) is 10.6. The summed E-state index contributed by atoms with van der Waals surface area (Å²) in [5, 5.41) is 0. The van der Waals surface area contributed by atoms with Crippen molar-refractivity contribution in [2.45, 2.75) is 13.5 Å². The Kier molecular flexibility index (Phi) is 3.85. The molecule has 5 heteroatoms. The van der Waals surface area contributed by atoms with Crippen molar-refractivity contribution in [3.05, 3.63) is 53.7 Å². The number of rotatable bonds is 4. The topological polar surface area (TPSA) is 59.5 Å². The molecule has 1 aromatic carbocycles. The number of nitrogen functional groups attached to an aromatic ring is 1. The van der Waals surface area contributed by atoms with E-state index in [0.29, 0.717) is 24.5 Å². The lowest BCUT2D eigenvalue weighted by atomic mass is 10.1. The number of benzene rings is 1. The summed E-state index contributed by atoms with van der Waals surface area (Å²) in [6.07, 6.45) is 1.54. The fraction of sp³-hybridized carbons (Fsp3) is 0.214. The minimum atomic E-state index is -0.608. The number of carbonyl (C=O) groups excluding carboxylic acids is 1. The standard InChI is InChI=1S/C14H15FN2O2/c1-2-17(9-11-4-3-7-19-11)14(18)12-6-5-10(16)8-13(12)15/h3-8H,2,9,16H2,1H3. The maximum absolute atomic E-state index is 13.7. The Balaban J connectivity index is 2.20. The molecule has 0 aliphatic heterocycles. The number of nitrogens with zero attached hydrogens (tertiary/aromatic N) is 1. The Morgan fingerprint density at radius 2 is 2.21 bits per heavy atom. The summed E-state index contributed by atoms with van der Waals surface area (Å²) in [5.41, 5.74) is 5.78. The number of hydrogen-bond acceptors (Lipinski definition) is 3. The van der Waals surface area contributed by atoms with Crippen molar-refractivity contribution >= 4 is 11.6 Å². The van der Waals surface area contributed by atoms with Crippen LogP contribution in [0.5, 0.6) is 0 Å². The van der Waals surface area contributed by atoms with Crippen LogP contribution in [0.2, 0.25) is 0 Å². The average Bonchev–Trinajstić information content (AvgIpc) is 2.88. The molecule has 0 bridgehead atoms. The molecule has 1 aromatic heterocycles. The van der Waals surface area contributed by atoms with Gasteiger partial charge in [-0.1, -0.05) is 0 Å². The quantitative estimate of drug-likeness (QED) is 0.862. The monoisotopic (exact) mass is 262 g/mol. The highest BCUT2D eigenvalue weighted by Crippen LogP contribution is 2.16. The van der Waals surface area contributed by atoms with Gasteiger partial charge in [0.25, 0.3) is 5.91 Å². The summed E-state index contributed by atoms with van der Waals surface area (Å²) in [4.78, 5) is 13.7. The van der Waals surface area contributed by atoms with Gasteiger partial charge in [-0.15, -0.1) is 0 Å². The van der Waals surface area contributed by atoms with Gasteiger partial charge >= 0.3 is 0 Å². The predicted molar refractivity (Wildman–Crippen MR) is 69.9 cm³/mol. The molecule has 0 unspecified atom stereocenters. The van der Waals surface area contributed by atoms with Crippen LogP contribution in [0.15, 0.2) is 41.0 Å². The molecule has 0 fully saturated rings. The van der Waals surface area contributed by atoms with Gasteiger partial charge in [-0.3, -0.25) is 4.79 Å². The molecule has 0 spiro atoms. The Hall–Kier alpha value is -2.30. The summed E-state index contributed by atoms with van der Waals surface area (Å²) >= 11 is 0.